The second-order valence-electron chi connectivity index (χ2n) is 4.47. The quantitative estimate of drug-likeness (QED) is 0.646. The van der Waals surface area contributed by atoms with Gasteiger partial charge in [0.2, 0.25) is 0 Å². The minimum Gasteiger partial charge on any atom is -0.395 e. The molecular weight excluding hydrogens is 300 g/mol. The average molecular weight is 315 g/mol. The molecule has 0 bridgehead atoms. The lowest BCUT2D eigenvalue weighted by atomic mass is 10.2. The molecule has 0 heterocycles. The summed E-state index contributed by atoms with van der Waals surface area (Å²) in [6, 6.07) is 5.71. The first-order chi connectivity index (χ1) is 8.61. The minimum absolute atomic E-state index is 0.0900. The summed E-state index contributed by atoms with van der Waals surface area (Å²) >= 11 is 3.17. The molecule has 1 saturated carbocycles. The van der Waals surface area contributed by atoms with Crippen LogP contribution in [0.1, 0.15) is 18.4 Å². The van der Waals surface area contributed by atoms with Crippen LogP contribution in [-0.4, -0.2) is 34.1 Å². The van der Waals surface area contributed by atoms with Crippen molar-refractivity contribution in [3.63, 3.8) is 0 Å². The van der Waals surface area contributed by atoms with Crippen molar-refractivity contribution >= 4 is 21.6 Å². The van der Waals surface area contributed by atoms with Gasteiger partial charge in [0.05, 0.1) is 16.0 Å². The van der Waals surface area contributed by atoms with E-state index < -0.39 is 0 Å². The molecule has 0 radical (unpaired) electrons. The number of nitrogens with zero attached hydrogens (tertiary/aromatic N) is 2. The Morgan fingerprint density at radius 3 is 2.78 bits per heavy atom. The molecule has 0 atom stereocenters. The molecule has 1 fully saturated rings. The van der Waals surface area contributed by atoms with E-state index in [0.29, 0.717) is 23.6 Å². The maximum atomic E-state index is 10.9. The number of halogens is 1. The van der Waals surface area contributed by atoms with Crippen molar-refractivity contribution < 1.29 is 10.0 Å². The zero-order chi connectivity index (χ0) is 13.1. The zero-order valence-electron chi connectivity index (χ0n) is 9.88. The van der Waals surface area contributed by atoms with E-state index in [1.54, 1.807) is 12.1 Å². The Balaban J connectivity index is 2.12. The van der Waals surface area contributed by atoms with Crippen molar-refractivity contribution in [3.8, 4) is 0 Å². The lowest BCUT2D eigenvalue weighted by Gasteiger charge is -2.20. The largest absolute Gasteiger partial charge is 0.395 e. The molecule has 18 heavy (non-hydrogen) atoms. The fourth-order valence-electron chi connectivity index (χ4n) is 1.99. The number of hydrogen-bond donors (Lipinski definition) is 1. The lowest BCUT2D eigenvalue weighted by molar-refractivity contribution is -0.385. The van der Waals surface area contributed by atoms with Crippen LogP contribution < -0.4 is 0 Å². The van der Waals surface area contributed by atoms with Crippen LogP contribution in [-0.2, 0) is 6.54 Å². The summed E-state index contributed by atoms with van der Waals surface area (Å²) in [4.78, 5) is 12.6. The summed E-state index contributed by atoms with van der Waals surface area (Å²) < 4.78 is 0.497. The van der Waals surface area contributed by atoms with Gasteiger partial charge in [0.15, 0.2) is 0 Å². The van der Waals surface area contributed by atoms with Crippen LogP contribution in [0.5, 0.6) is 0 Å². The van der Waals surface area contributed by atoms with E-state index in [1.807, 2.05) is 6.07 Å². The third-order valence-electron chi connectivity index (χ3n) is 3.04. The predicted octanol–water partition coefficient (Wildman–Crippen LogP) is 2.31. The molecule has 0 saturated heterocycles. The van der Waals surface area contributed by atoms with E-state index >= 15 is 0 Å². The van der Waals surface area contributed by atoms with Crippen LogP contribution in [0.15, 0.2) is 22.7 Å². The molecule has 1 N–H and O–H groups in total. The molecule has 0 spiro atoms. The SMILES string of the molecule is O=[N+]([O-])c1cc(CN(CCO)C2CC2)ccc1Br. The molecule has 0 amide bonds. The highest BCUT2D eigenvalue weighted by Gasteiger charge is 2.28. The van der Waals surface area contributed by atoms with E-state index in [9.17, 15) is 10.1 Å². The summed E-state index contributed by atoms with van der Waals surface area (Å²) in [6.45, 7) is 1.39. The lowest BCUT2D eigenvalue weighted by Crippen LogP contribution is -2.28. The first-order valence-corrected chi connectivity index (χ1v) is 6.69. The number of aliphatic hydroxyl groups is 1. The average Bonchev–Trinajstić information content (AvgIpc) is 3.14. The van der Waals surface area contributed by atoms with Gasteiger partial charge in [-0.05, 0) is 40.4 Å². The van der Waals surface area contributed by atoms with Crippen LogP contribution in [0.4, 0.5) is 5.69 Å². The molecule has 1 aliphatic carbocycles. The van der Waals surface area contributed by atoms with Gasteiger partial charge in [-0.1, -0.05) is 6.07 Å². The Hall–Kier alpha value is -0.980. The molecule has 1 aliphatic rings. The van der Waals surface area contributed by atoms with E-state index in [2.05, 4.69) is 20.8 Å². The van der Waals surface area contributed by atoms with Crippen molar-refractivity contribution in [2.75, 3.05) is 13.2 Å². The number of nitro groups is 1. The Kier molecular flexibility index (Phi) is 4.31. The second kappa shape index (κ2) is 5.77. The Morgan fingerprint density at radius 1 is 1.50 bits per heavy atom. The molecule has 98 valence electrons. The van der Waals surface area contributed by atoms with Gasteiger partial charge in [0, 0.05) is 25.2 Å². The highest BCUT2D eigenvalue weighted by molar-refractivity contribution is 9.10. The first-order valence-electron chi connectivity index (χ1n) is 5.89. The highest BCUT2D eigenvalue weighted by Crippen LogP contribution is 2.30. The zero-order valence-corrected chi connectivity index (χ0v) is 11.5. The normalized spacial score (nSPS) is 15.1. The highest BCUT2D eigenvalue weighted by atomic mass is 79.9. The second-order valence-corrected chi connectivity index (χ2v) is 5.32. The van der Waals surface area contributed by atoms with Gasteiger partial charge in [-0.15, -0.1) is 0 Å². The number of nitro benzene ring substituents is 1. The van der Waals surface area contributed by atoms with Crippen LogP contribution in [0.3, 0.4) is 0 Å². The third-order valence-corrected chi connectivity index (χ3v) is 3.71. The molecule has 0 unspecified atom stereocenters. The van der Waals surface area contributed by atoms with Gasteiger partial charge < -0.3 is 5.11 Å². The monoisotopic (exact) mass is 314 g/mol. The van der Waals surface area contributed by atoms with Crippen molar-refractivity contribution in [3.05, 3.63) is 38.3 Å². The molecule has 6 heteroatoms. The van der Waals surface area contributed by atoms with Crippen LogP contribution >= 0.6 is 15.9 Å². The topological polar surface area (TPSA) is 66.6 Å². The van der Waals surface area contributed by atoms with Gasteiger partial charge in [-0.25, -0.2) is 0 Å². The molecule has 1 aromatic rings. The number of hydrogen-bond acceptors (Lipinski definition) is 4. The summed E-state index contributed by atoms with van der Waals surface area (Å²) in [5.74, 6) is 0. The van der Waals surface area contributed by atoms with Crippen molar-refractivity contribution in [1.82, 2.24) is 4.90 Å². The summed E-state index contributed by atoms with van der Waals surface area (Å²) in [7, 11) is 0. The fourth-order valence-corrected chi connectivity index (χ4v) is 2.38. The van der Waals surface area contributed by atoms with Crippen LogP contribution in [0.2, 0.25) is 0 Å². The molecule has 5 nitrogen and oxygen atoms in total. The molecule has 2 rings (SSSR count). The first kappa shape index (κ1) is 13.5. The van der Waals surface area contributed by atoms with E-state index in [-0.39, 0.29) is 17.2 Å². The third kappa shape index (κ3) is 3.28. The van der Waals surface area contributed by atoms with Gasteiger partial charge in [-0.3, -0.25) is 15.0 Å². The standard InChI is InChI=1S/C12H15BrN2O3/c13-11-4-1-9(7-12(11)15(17)18)8-14(5-6-16)10-2-3-10/h1,4,7,10,16H,2-3,5-6,8H2. The smallest absolute Gasteiger partial charge is 0.283 e. The van der Waals surface area contributed by atoms with Gasteiger partial charge in [0.25, 0.3) is 5.69 Å². The maximum absolute atomic E-state index is 10.9. The summed E-state index contributed by atoms with van der Waals surface area (Å²) in [6.07, 6.45) is 2.30. The molecule has 0 aromatic heterocycles. The van der Waals surface area contributed by atoms with Gasteiger partial charge >= 0.3 is 0 Å². The maximum Gasteiger partial charge on any atom is 0.283 e. The van der Waals surface area contributed by atoms with Crippen molar-refractivity contribution in [1.29, 1.82) is 0 Å². The number of benzene rings is 1. The van der Waals surface area contributed by atoms with E-state index in [4.69, 9.17) is 5.11 Å². The Labute approximate surface area is 114 Å². The number of rotatable bonds is 6. The fraction of sp³-hybridized carbons (Fsp3) is 0.500. The summed E-state index contributed by atoms with van der Waals surface area (Å²) in [5.41, 5.74) is 0.998. The van der Waals surface area contributed by atoms with Crippen molar-refractivity contribution in [2.45, 2.75) is 25.4 Å². The predicted molar refractivity (Wildman–Crippen MR) is 71.3 cm³/mol. The summed E-state index contributed by atoms with van der Waals surface area (Å²) in [5, 5.41) is 19.9. The van der Waals surface area contributed by atoms with Crippen LogP contribution in [0.25, 0.3) is 0 Å². The number of aliphatic hydroxyl groups excluding tert-OH is 1. The van der Waals surface area contributed by atoms with Gasteiger partial charge in [-0.2, -0.15) is 0 Å². The van der Waals surface area contributed by atoms with Crippen LogP contribution in [0, 0.1) is 10.1 Å². The van der Waals surface area contributed by atoms with Crippen molar-refractivity contribution in [2.24, 2.45) is 0 Å². The van der Waals surface area contributed by atoms with E-state index in [0.717, 1.165) is 18.4 Å². The molecule has 1 aromatic carbocycles. The van der Waals surface area contributed by atoms with Gasteiger partial charge in [0.1, 0.15) is 0 Å². The van der Waals surface area contributed by atoms with E-state index in [1.165, 1.54) is 0 Å². The molecule has 0 aliphatic heterocycles. The Bertz CT molecular complexity index is 449. The Morgan fingerprint density at radius 2 is 2.22 bits per heavy atom. The molecular formula is C12H15BrN2O3. The minimum atomic E-state index is -0.388.